The minimum absolute atomic E-state index is 0. The average Bonchev–Trinajstić information content (AvgIpc) is 2.86. The predicted molar refractivity (Wildman–Crippen MR) is 92.7 cm³/mol. The molecule has 2 bridgehead atoms. The first-order valence-electron chi connectivity index (χ1n) is 8.06. The molecule has 1 aromatic carbocycles. The van der Waals surface area contributed by atoms with Gasteiger partial charge >= 0.3 is 0 Å². The quantitative estimate of drug-likeness (QED) is 0.849. The Bertz CT molecular complexity index is 587. The summed E-state index contributed by atoms with van der Waals surface area (Å²) in [5.41, 5.74) is 0.340. The molecule has 2 fully saturated rings. The minimum atomic E-state index is -0.525. The van der Waals surface area contributed by atoms with Gasteiger partial charge < -0.3 is 20.1 Å². The zero-order valence-corrected chi connectivity index (χ0v) is 14.7. The van der Waals surface area contributed by atoms with Gasteiger partial charge in [-0.05, 0) is 31.6 Å². The molecule has 2 heterocycles. The van der Waals surface area contributed by atoms with Gasteiger partial charge in [0.15, 0.2) is 11.6 Å². The van der Waals surface area contributed by atoms with Crippen molar-refractivity contribution in [3.05, 3.63) is 17.9 Å². The highest BCUT2D eigenvalue weighted by Crippen LogP contribution is 2.34. The molecule has 3 rings (SSSR count). The van der Waals surface area contributed by atoms with E-state index in [0.717, 1.165) is 12.8 Å². The van der Waals surface area contributed by atoms with E-state index in [0.29, 0.717) is 35.9 Å². The number of hydrogen-bond donors (Lipinski definition) is 2. The van der Waals surface area contributed by atoms with E-state index in [1.807, 2.05) is 0 Å². The van der Waals surface area contributed by atoms with Gasteiger partial charge in [0.05, 0.1) is 19.9 Å². The Labute approximate surface area is 147 Å². The number of piperidine rings is 1. The van der Waals surface area contributed by atoms with Gasteiger partial charge in [-0.15, -0.1) is 12.4 Å². The molecule has 2 N–H and O–H groups in total. The summed E-state index contributed by atoms with van der Waals surface area (Å²) in [4.78, 5) is 12.3. The third-order valence-electron chi connectivity index (χ3n) is 4.79. The number of nitrogens with one attached hydrogen (secondary N) is 2. The Balaban J connectivity index is 0.00000208. The van der Waals surface area contributed by atoms with Crippen LogP contribution in [0.5, 0.6) is 11.5 Å². The monoisotopic (exact) mass is 358 g/mol. The molecule has 1 amide bonds. The summed E-state index contributed by atoms with van der Waals surface area (Å²) in [5.74, 6) is 0.252. The van der Waals surface area contributed by atoms with Crippen LogP contribution in [0.3, 0.4) is 0 Å². The average molecular weight is 359 g/mol. The van der Waals surface area contributed by atoms with Gasteiger partial charge in [-0.2, -0.15) is 0 Å². The molecule has 2 aliphatic rings. The van der Waals surface area contributed by atoms with E-state index in [9.17, 15) is 9.18 Å². The number of carbonyl (C=O) groups is 1. The molecule has 0 radical (unpaired) electrons. The number of halogens is 2. The van der Waals surface area contributed by atoms with Crippen LogP contribution in [0.25, 0.3) is 0 Å². The Morgan fingerprint density at radius 2 is 1.83 bits per heavy atom. The van der Waals surface area contributed by atoms with E-state index in [-0.39, 0.29) is 24.1 Å². The highest BCUT2D eigenvalue weighted by atomic mass is 35.5. The number of fused-ring (bicyclic) bond motifs is 2. The first-order valence-corrected chi connectivity index (χ1v) is 8.06. The summed E-state index contributed by atoms with van der Waals surface area (Å²) >= 11 is 0. The molecule has 0 spiro atoms. The van der Waals surface area contributed by atoms with Crippen LogP contribution >= 0.6 is 12.4 Å². The SMILES string of the molecule is COc1cc(OC)c(NC(=O)CC2CC3CCC(C2)N3)cc1F.Cl. The number of methoxy groups -OCH3 is 2. The van der Waals surface area contributed by atoms with Crippen molar-refractivity contribution in [3.63, 3.8) is 0 Å². The molecule has 0 aliphatic carbocycles. The van der Waals surface area contributed by atoms with Crippen LogP contribution in [0, 0.1) is 11.7 Å². The van der Waals surface area contributed by atoms with E-state index in [2.05, 4.69) is 10.6 Å². The predicted octanol–water partition coefficient (Wildman–Crippen LogP) is 3.12. The lowest BCUT2D eigenvalue weighted by molar-refractivity contribution is -0.117. The molecular formula is C17H24ClFN2O3. The second-order valence-electron chi connectivity index (χ2n) is 6.41. The van der Waals surface area contributed by atoms with Crippen molar-refractivity contribution in [2.45, 2.75) is 44.2 Å². The van der Waals surface area contributed by atoms with Crippen molar-refractivity contribution in [2.75, 3.05) is 19.5 Å². The number of rotatable bonds is 5. The lowest BCUT2D eigenvalue weighted by atomic mass is 9.89. The lowest BCUT2D eigenvalue weighted by Crippen LogP contribution is -2.39. The van der Waals surface area contributed by atoms with Gasteiger partial charge in [-0.25, -0.2) is 4.39 Å². The lowest BCUT2D eigenvalue weighted by Gasteiger charge is -2.28. The normalized spacial score (nSPS) is 24.9. The van der Waals surface area contributed by atoms with E-state index in [4.69, 9.17) is 9.47 Å². The second kappa shape index (κ2) is 8.03. The van der Waals surface area contributed by atoms with Crippen LogP contribution in [0.1, 0.15) is 32.1 Å². The fraction of sp³-hybridized carbons (Fsp3) is 0.588. The maximum atomic E-state index is 13.8. The number of anilines is 1. The smallest absolute Gasteiger partial charge is 0.224 e. The van der Waals surface area contributed by atoms with Crippen LogP contribution < -0.4 is 20.1 Å². The van der Waals surface area contributed by atoms with Crippen molar-refractivity contribution in [2.24, 2.45) is 5.92 Å². The summed E-state index contributed by atoms with van der Waals surface area (Å²) < 4.78 is 24.0. The number of carbonyl (C=O) groups excluding carboxylic acids is 1. The Kier molecular flexibility index (Phi) is 6.29. The first-order chi connectivity index (χ1) is 11.1. The van der Waals surface area contributed by atoms with E-state index in [1.165, 1.54) is 39.2 Å². The van der Waals surface area contributed by atoms with E-state index < -0.39 is 5.82 Å². The van der Waals surface area contributed by atoms with Crippen molar-refractivity contribution in [3.8, 4) is 11.5 Å². The Hall–Kier alpha value is -1.53. The van der Waals surface area contributed by atoms with Crippen molar-refractivity contribution in [1.29, 1.82) is 0 Å². The summed E-state index contributed by atoms with van der Waals surface area (Å²) in [6, 6.07) is 3.79. The molecule has 7 heteroatoms. The number of amides is 1. The maximum absolute atomic E-state index is 13.8. The Morgan fingerprint density at radius 1 is 1.21 bits per heavy atom. The zero-order valence-electron chi connectivity index (χ0n) is 13.9. The maximum Gasteiger partial charge on any atom is 0.224 e. The minimum Gasteiger partial charge on any atom is -0.494 e. The topological polar surface area (TPSA) is 59.6 Å². The van der Waals surface area contributed by atoms with Crippen LogP contribution in [0.15, 0.2) is 12.1 Å². The standard InChI is InChI=1S/C17H23FN2O3.ClH/c1-22-15-9-16(23-2)14(8-13(15)18)20-17(21)7-10-5-11-3-4-12(6-10)19-11;/h8-12,19H,3-7H2,1-2H3,(H,20,21);1H. The fourth-order valence-electron chi connectivity index (χ4n) is 3.76. The summed E-state index contributed by atoms with van der Waals surface area (Å²) in [7, 11) is 2.87. The molecule has 24 heavy (non-hydrogen) atoms. The third kappa shape index (κ3) is 4.11. The highest BCUT2D eigenvalue weighted by Gasteiger charge is 2.34. The second-order valence-corrected chi connectivity index (χ2v) is 6.41. The van der Waals surface area contributed by atoms with E-state index >= 15 is 0 Å². The Morgan fingerprint density at radius 3 is 2.42 bits per heavy atom. The van der Waals surface area contributed by atoms with Crippen LogP contribution in [0.2, 0.25) is 0 Å². The molecule has 134 valence electrons. The molecular weight excluding hydrogens is 335 g/mol. The first kappa shape index (κ1) is 18.8. The highest BCUT2D eigenvalue weighted by molar-refractivity contribution is 5.92. The number of hydrogen-bond acceptors (Lipinski definition) is 4. The van der Waals surface area contributed by atoms with Gasteiger partial charge in [0.1, 0.15) is 5.75 Å². The summed E-state index contributed by atoms with van der Waals surface area (Å²) in [5, 5.41) is 6.34. The molecule has 0 aromatic heterocycles. The summed E-state index contributed by atoms with van der Waals surface area (Å²) in [6.45, 7) is 0. The van der Waals surface area contributed by atoms with Crippen molar-refractivity contribution < 1.29 is 18.7 Å². The van der Waals surface area contributed by atoms with E-state index in [1.54, 1.807) is 0 Å². The molecule has 1 aromatic rings. The van der Waals surface area contributed by atoms with Gasteiger partial charge in [-0.3, -0.25) is 4.79 Å². The van der Waals surface area contributed by atoms with Crippen molar-refractivity contribution in [1.82, 2.24) is 5.32 Å². The van der Waals surface area contributed by atoms with Crippen LogP contribution in [-0.2, 0) is 4.79 Å². The van der Waals surface area contributed by atoms with Gasteiger partial charge in [0.2, 0.25) is 5.91 Å². The van der Waals surface area contributed by atoms with Gasteiger partial charge in [0.25, 0.3) is 0 Å². The zero-order chi connectivity index (χ0) is 16.4. The number of ether oxygens (including phenoxy) is 2. The molecule has 2 aliphatic heterocycles. The largest absolute Gasteiger partial charge is 0.494 e. The fourth-order valence-corrected chi connectivity index (χ4v) is 3.76. The van der Waals surface area contributed by atoms with Crippen LogP contribution in [-0.4, -0.2) is 32.2 Å². The molecule has 0 saturated carbocycles. The van der Waals surface area contributed by atoms with Gasteiger partial charge in [-0.1, -0.05) is 0 Å². The molecule has 5 nitrogen and oxygen atoms in total. The molecule has 2 atom stereocenters. The molecule has 2 saturated heterocycles. The third-order valence-corrected chi connectivity index (χ3v) is 4.79. The van der Waals surface area contributed by atoms with Crippen LogP contribution in [0.4, 0.5) is 10.1 Å². The van der Waals surface area contributed by atoms with Gasteiger partial charge in [0, 0.05) is 30.6 Å². The van der Waals surface area contributed by atoms with Crippen molar-refractivity contribution >= 4 is 24.0 Å². The summed E-state index contributed by atoms with van der Waals surface area (Å²) in [6.07, 6.45) is 4.96. The number of benzene rings is 1. The molecule has 2 unspecified atom stereocenters.